The fraction of sp³-hybridized carbons (Fsp3) is 0.200. The maximum Gasteiger partial charge on any atom is 0.268 e. The van der Waals surface area contributed by atoms with E-state index in [1.54, 1.807) is 18.2 Å². The molecule has 0 aliphatic heterocycles. The van der Waals surface area contributed by atoms with Crippen LogP contribution in [-0.2, 0) is 4.79 Å². The second kappa shape index (κ2) is 8.11. The van der Waals surface area contributed by atoms with E-state index in [4.69, 9.17) is 0 Å². The maximum atomic E-state index is 12.4. The maximum absolute atomic E-state index is 12.4. The van der Waals surface area contributed by atoms with Crippen molar-refractivity contribution >= 4 is 17.9 Å². The smallest absolute Gasteiger partial charge is 0.268 e. The van der Waals surface area contributed by atoms with Gasteiger partial charge in [0.05, 0.1) is 0 Å². The van der Waals surface area contributed by atoms with Gasteiger partial charge in [0, 0.05) is 11.6 Å². The van der Waals surface area contributed by atoms with E-state index in [2.05, 4.69) is 10.6 Å². The lowest BCUT2D eigenvalue weighted by Crippen LogP contribution is -2.38. The first-order chi connectivity index (χ1) is 11.5. The molecule has 0 radical (unpaired) electrons. The average Bonchev–Trinajstić information content (AvgIpc) is 2.55. The summed E-state index contributed by atoms with van der Waals surface area (Å²) in [5, 5.41) is 5.52. The first-order valence-corrected chi connectivity index (χ1v) is 7.91. The lowest BCUT2D eigenvalue weighted by molar-refractivity contribution is -0.118. The first kappa shape index (κ1) is 17.5. The zero-order chi connectivity index (χ0) is 17.5. The summed E-state index contributed by atoms with van der Waals surface area (Å²) in [4.78, 5) is 24.8. The van der Waals surface area contributed by atoms with Gasteiger partial charge in [0.25, 0.3) is 11.8 Å². The molecule has 0 heterocycles. The normalized spacial score (nSPS) is 11.2. The molecule has 0 aromatic heterocycles. The van der Waals surface area contributed by atoms with Crippen molar-refractivity contribution in [2.45, 2.75) is 26.8 Å². The Balaban J connectivity index is 2.25. The Labute approximate surface area is 142 Å². The van der Waals surface area contributed by atoms with Crippen molar-refractivity contribution in [2.24, 2.45) is 0 Å². The Bertz CT molecular complexity index is 732. The second-order valence-electron chi connectivity index (χ2n) is 5.92. The molecule has 24 heavy (non-hydrogen) atoms. The van der Waals surface area contributed by atoms with E-state index < -0.39 is 0 Å². The Hall–Kier alpha value is -2.88. The minimum absolute atomic E-state index is 0.0204. The van der Waals surface area contributed by atoms with Crippen molar-refractivity contribution in [1.82, 2.24) is 10.6 Å². The van der Waals surface area contributed by atoms with Crippen molar-refractivity contribution in [3.05, 3.63) is 77.0 Å². The standard InChI is InChI=1S/C20H22N2O2/c1-14(2)21-20(24)18(13-16-7-5-4-6-8-16)22-19(23)17-11-9-15(3)10-12-17/h4-14H,1-3H3,(H,21,24)(H,22,23). The monoisotopic (exact) mass is 322 g/mol. The van der Waals surface area contributed by atoms with Crippen molar-refractivity contribution in [3.8, 4) is 0 Å². The van der Waals surface area contributed by atoms with Gasteiger partial charge in [-0.1, -0.05) is 48.0 Å². The van der Waals surface area contributed by atoms with E-state index in [1.165, 1.54) is 0 Å². The van der Waals surface area contributed by atoms with Gasteiger partial charge < -0.3 is 10.6 Å². The first-order valence-electron chi connectivity index (χ1n) is 7.91. The minimum atomic E-state index is -0.311. The van der Waals surface area contributed by atoms with Crippen LogP contribution in [-0.4, -0.2) is 17.9 Å². The van der Waals surface area contributed by atoms with Crippen LogP contribution in [0.2, 0.25) is 0 Å². The number of hydrogen-bond acceptors (Lipinski definition) is 2. The van der Waals surface area contributed by atoms with Crippen molar-refractivity contribution < 1.29 is 9.59 Å². The van der Waals surface area contributed by atoms with Gasteiger partial charge in [-0.2, -0.15) is 0 Å². The summed E-state index contributed by atoms with van der Waals surface area (Å²) in [5.41, 5.74) is 2.65. The Morgan fingerprint density at radius 3 is 2.17 bits per heavy atom. The molecule has 0 bridgehead atoms. The molecule has 0 aliphatic rings. The molecule has 124 valence electrons. The Kier molecular flexibility index (Phi) is 5.90. The number of nitrogens with one attached hydrogen (secondary N) is 2. The Morgan fingerprint density at radius 1 is 0.958 bits per heavy atom. The zero-order valence-corrected chi connectivity index (χ0v) is 14.2. The molecule has 0 aliphatic carbocycles. The minimum Gasteiger partial charge on any atom is -0.349 e. The summed E-state index contributed by atoms with van der Waals surface area (Å²) in [5.74, 6) is -0.620. The van der Waals surface area contributed by atoms with Crippen LogP contribution in [0, 0.1) is 6.92 Å². The predicted octanol–water partition coefficient (Wildman–Crippen LogP) is 3.29. The van der Waals surface area contributed by atoms with Gasteiger partial charge in [-0.3, -0.25) is 9.59 Å². The van der Waals surface area contributed by atoms with Gasteiger partial charge >= 0.3 is 0 Å². The predicted molar refractivity (Wildman–Crippen MR) is 96.3 cm³/mol. The van der Waals surface area contributed by atoms with Gasteiger partial charge in [0.15, 0.2) is 0 Å². The lowest BCUT2D eigenvalue weighted by atomic mass is 10.1. The molecule has 2 aromatic rings. The summed E-state index contributed by atoms with van der Waals surface area (Å²) < 4.78 is 0. The third kappa shape index (κ3) is 5.09. The number of aryl methyl sites for hydroxylation is 1. The third-order valence-electron chi connectivity index (χ3n) is 3.34. The average molecular weight is 322 g/mol. The van der Waals surface area contributed by atoms with Crippen molar-refractivity contribution in [3.63, 3.8) is 0 Å². The number of rotatable bonds is 5. The Morgan fingerprint density at radius 2 is 1.58 bits per heavy atom. The number of carbonyl (C=O) groups excluding carboxylic acids is 2. The van der Waals surface area contributed by atoms with Crippen LogP contribution in [0.1, 0.15) is 35.3 Å². The molecule has 2 rings (SSSR count). The molecule has 0 saturated heterocycles. The fourth-order valence-corrected chi connectivity index (χ4v) is 2.11. The molecule has 0 spiro atoms. The van der Waals surface area contributed by atoms with Gasteiger partial charge in [-0.15, -0.1) is 0 Å². The number of amides is 2. The zero-order valence-electron chi connectivity index (χ0n) is 14.2. The van der Waals surface area contributed by atoms with E-state index in [-0.39, 0.29) is 23.6 Å². The van der Waals surface area contributed by atoms with E-state index in [1.807, 2.05) is 63.2 Å². The van der Waals surface area contributed by atoms with Gasteiger partial charge in [-0.25, -0.2) is 0 Å². The largest absolute Gasteiger partial charge is 0.349 e. The molecule has 0 unspecified atom stereocenters. The highest BCUT2D eigenvalue weighted by molar-refractivity contribution is 6.05. The van der Waals surface area contributed by atoms with Crippen LogP contribution >= 0.6 is 0 Å². The topological polar surface area (TPSA) is 58.2 Å². The highest BCUT2D eigenvalue weighted by Crippen LogP contribution is 2.08. The van der Waals surface area contributed by atoms with Gasteiger partial charge in [0.1, 0.15) is 5.70 Å². The highest BCUT2D eigenvalue weighted by Gasteiger charge is 2.15. The molecule has 0 fully saturated rings. The molecular formula is C20H22N2O2. The third-order valence-corrected chi connectivity index (χ3v) is 3.34. The van der Waals surface area contributed by atoms with Crippen LogP contribution < -0.4 is 10.6 Å². The summed E-state index contributed by atoms with van der Waals surface area (Å²) in [6, 6.07) is 16.6. The number of carbonyl (C=O) groups is 2. The fourth-order valence-electron chi connectivity index (χ4n) is 2.11. The summed E-state index contributed by atoms with van der Waals surface area (Å²) >= 11 is 0. The van der Waals surface area contributed by atoms with Crippen LogP contribution in [0.5, 0.6) is 0 Å². The molecule has 2 aromatic carbocycles. The summed E-state index contributed by atoms with van der Waals surface area (Å²) in [7, 11) is 0. The van der Waals surface area contributed by atoms with Gasteiger partial charge in [0.2, 0.25) is 0 Å². The molecular weight excluding hydrogens is 300 g/mol. The van der Waals surface area contributed by atoms with Gasteiger partial charge in [-0.05, 0) is 44.5 Å². The number of benzene rings is 2. The quantitative estimate of drug-likeness (QED) is 0.830. The van der Waals surface area contributed by atoms with E-state index >= 15 is 0 Å². The molecule has 2 N–H and O–H groups in total. The van der Waals surface area contributed by atoms with E-state index in [0.29, 0.717) is 5.56 Å². The van der Waals surface area contributed by atoms with Crippen LogP contribution in [0.15, 0.2) is 60.3 Å². The SMILES string of the molecule is Cc1ccc(C(=O)NC(=Cc2ccccc2)C(=O)NC(C)C)cc1. The van der Waals surface area contributed by atoms with E-state index in [9.17, 15) is 9.59 Å². The molecule has 0 atom stereocenters. The molecule has 4 nitrogen and oxygen atoms in total. The van der Waals surface area contributed by atoms with E-state index in [0.717, 1.165) is 11.1 Å². The van der Waals surface area contributed by atoms with Crippen LogP contribution in [0.4, 0.5) is 0 Å². The molecule has 4 heteroatoms. The number of hydrogen-bond donors (Lipinski definition) is 2. The second-order valence-corrected chi connectivity index (χ2v) is 5.92. The molecule has 0 saturated carbocycles. The summed E-state index contributed by atoms with van der Waals surface area (Å²) in [6.45, 7) is 5.71. The van der Waals surface area contributed by atoms with Crippen LogP contribution in [0.3, 0.4) is 0 Å². The van der Waals surface area contributed by atoms with Crippen molar-refractivity contribution in [1.29, 1.82) is 0 Å². The molecule has 2 amide bonds. The lowest BCUT2D eigenvalue weighted by Gasteiger charge is -2.13. The highest BCUT2D eigenvalue weighted by atomic mass is 16.2. The summed E-state index contributed by atoms with van der Waals surface area (Å²) in [6.07, 6.45) is 1.67. The van der Waals surface area contributed by atoms with Crippen molar-refractivity contribution in [2.75, 3.05) is 0 Å². The van der Waals surface area contributed by atoms with Crippen LogP contribution in [0.25, 0.3) is 6.08 Å².